The molecule has 0 aliphatic carbocycles. The van der Waals surface area contributed by atoms with Crippen molar-refractivity contribution in [2.24, 2.45) is 0 Å². The Morgan fingerprint density at radius 2 is 0.630 bits per heavy atom. The van der Waals surface area contributed by atoms with E-state index in [-0.39, 0.29) is 54.7 Å². The molecule has 6 amide bonds. The van der Waals surface area contributed by atoms with Crippen molar-refractivity contribution in [1.29, 1.82) is 0 Å². The van der Waals surface area contributed by atoms with Gasteiger partial charge in [-0.3, -0.25) is 43.5 Å². The van der Waals surface area contributed by atoms with Crippen molar-refractivity contribution in [3.05, 3.63) is 48.6 Å². The largest absolute Gasteiger partial charge is 0.279 e. The predicted octanol–water partition coefficient (Wildman–Crippen LogP) is 9.86. The van der Waals surface area contributed by atoms with E-state index in [0.29, 0.717) is 36.4 Å². The second-order valence-corrected chi connectivity index (χ2v) is 15.4. The minimum absolute atomic E-state index is 0.0777. The van der Waals surface area contributed by atoms with Crippen molar-refractivity contribution >= 4 is 35.4 Å². The summed E-state index contributed by atoms with van der Waals surface area (Å²) in [6.07, 6.45) is 33.8. The molecule has 302 valence electrons. The zero-order chi connectivity index (χ0) is 39.6. The average Bonchev–Trinajstić information content (AvgIpc) is 3.65. The van der Waals surface area contributed by atoms with Gasteiger partial charge in [0.15, 0.2) is 0 Å². The monoisotopic (exact) mass is 750 g/mol. The minimum Gasteiger partial charge on any atom is -0.279 e. The Kier molecular flexibility index (Phi) is 24.0. The van der Waals surface area contributed by atoms with E-state index in [4.69, 9.17) is 0 Å². The number of likely N-dealkylation sites (tertiary alicyclic amines) is 3. The van der Waals surface area contributed by atoms with Gasteiger partial charge in [0.1, 0.15) is 0 Å². The van der Waals surface area contributed by atoms with Crippen LogP contribution in [-0.2, 0) is 28.8 Å². The highest BCUT2D eigenvalue weighted by Gasteiger charge is 2.33. The Labute approximate surface area is 326 Å². The first-order valence-electron chi connectivity index (χ1n) is 21.3. The van der Waals surface area contributed by atoms with Crippen LogP contribution in [0.15, 0.2) is 48.6 Å². The molecule has 0 atom stereocenters. The first-order valence-corrected chi connectivity index (χ1v) is 21.3. The molecule has 0 radical (unpaired) electrons. The summed E-state index contributed by atoms with van der Waals surface area (Å²) in [6.45, 7) is 14.8. The molecule has 0 bridgehead atoms. The predicted molar refractivity (Wildman–Crippen MR) is 217 cm³/mol. The van der Waals surface area contributed by atoms with Gasteiger partial charge in [0, 0.05) is 36.4 Å². The Bertz CT molecular complexity index is 1240. The second-order valence-electron chi connectivity index (χ2n) is 15.4. The van der Waals surface area contributed by atoms with Crippen molar-refractivity contribution < 1.29 is 28.8 Å². The van der Waals surface area contributed by atoms with E-state index < -0.39 is 0 Å². The number of carbonyl (C=O) groups excluding carboxylic acids is 6. The molecule has 0 unspecified atom stereocenters. The van der Waals surface area contributed by atoms with Crippen molar-refractivity contribution in [3.63, 3.8) is 0 Å². The van der Waals surface area contributed by atoms with Crippen LogP contribution in [0.4, 0.5) is 0 Å². The van der Waals surface area contributed by atoms with Crippen LogP contribution >= 0.6 is 0 Å². The van der Waals surface area contributed by atoms with Gasteiger partial charge in [-0.25, -0.2) is 0 Å². The zero-order valence-electron chi connectivity index (χ0n) is 33.8. The maximum atomic E-state index is 11.7. The standard InChI is InChI=1S/C23H39NO2.C22H32N2O4/c1-3-4-5-6-7-8-9-10-11-12-13-14-15-16-17-18-19-24-22(25)20-21(2)23(24)26;1-17-15-19(25)23(21(17)27)13-11-9-7-5-3-4-6-8-10-12-14-24-20(26)16-18(2)22(24)28/h11-12H,2-10,13-20H2,1H3;1-16H2/b12-11+;. The summed E-state index contributed by atoms with van der Waals surface area (Å²) < 4.78 is 0. The van der Waals surface area contributed by atoms with Crippen molar-refractivity contribution in [2.45, 2.75) is 180 Å². The zero-order valence-corrected chi connectivity index (χ0v) is 33.8. The van der Waals surface area contributed by atoms with Gasteiger partial charge in [0.2, 0.25) is 17.7 Å². The van der Waals surface area contributed by atoms with Crippen molar-refractivity contribution in [2.75, 3.05) is 19.6 Å². The third kappa shape index (κ3) is 18.1. The molecule has 9 heteroatoms. The lowest BCUT2D eigenvalue weighted by Gasteiger charge is -2.13. The molecule has 3 rings (SSSR count). The van der Waals surface area contributed by atoms with Crippen LogP contribution in [0.25, 0.3) is 0 Å². The molecule has 54 heavy (non-hydrogen) atoms. The summed E-state index contributed by atoms with van der Waals surface area (Å²) in [4.78, 5) is 74.1. The number of carbonyl (C=O) groups is 6. The van der Waals surface area contributed by atoms with E-state index in [9.17, 15) is 28.8 Å². The molecule has 3 saturated heterocycles. The summed E-state index contributed by atoms with van der Waals surface area (Å²) >= 11 is 0. The summed E-state index contributed by atoms with van der Waals surface area (Å²) in [7, 11) is 0. The molecule has 3 aliphatic heterocycles. The lowest BCUT2D eigenvalue weighted by atomic mass is 10.1. The van der Waals surface area contributed by atoms with E-state index in [1.807, 2.05) is 0 Å². The maximum Gasteiger partial charge on any atom is 0.256 e. The number of hydrogen-bond acceptors (Lipinski definition) is 6. The van der Waals surface area contributed by atoms with Gasteiger partial charge < -0.3 is 0 Å². The first-order chi connectivity index (χ1) is 26.1. The Morgan fingerprint density at radius 3 is 0.870 bits per heavy atom. The fourth-order valence-electron chi connectivity index (χ4n) is 7.12. The van der Waals surface area contributed by atoms with Crippen molar-refractivity contribution in [3.8, 4) is 0 Å². The lowest BCUT2D eigenvalue weighted by molar-refractivity contribution is -0.139. The highest BCUT2D eigenvalue weighted by Crippen LogP contribution is 2.20. The van der Waals surface area contributed by atoms with Gasteiger partial charge in [0.25, 0.3) is 17.7 Å². The quantitative estimate of drug-likeness (QED) is 0.0326. The van der Waals surface area contributed by atoms with Gasteiger partial charge in [-0.2, -0.15) is 0 Å². The van der Waals surface area contributed by atoms with E-state index in [0.717, 1.165) is 51.4 Å². The Balaban J connectivity index is 0.000000375. The summed E-state index contributed by atoms with van der Waals surface area (Å²) in [5.41, 5.74) is 1.27. The smallest absolute Gasteiger partial charge is 0.256 e. The van der Waals surface area contributed by atoms with E-state index in [1.54, 1.807) is 0 Å². The van der Waals surface area contributed by atoms with Gasteiger partial charge in [-0.15, -0.1) is 0 Å². The number of hydrogen-bond donors (Lipinski definition) is 0. The molecular weight excluding hydrogens is 679 g/mol. The summed E-state index contributed by atoms with van der Waals surface area (Å²) in [5.74, 6) is -0.870. The van der Waals surface area contributed by atoms with E-state index >= 15 is 0 Å². The highest BCUT2D eigenvalue weighted by molar-refractivity contribution is 6.14. The highest BCUT2D eigenvalue weighted by atomic mass is 16.2. The van der Waals surface area contributed by atoms with E-state index in [2.05, 4.69) is 38.8 Å². The molecule has 0 saturated carbocycles. The number of imide groups is 3. The topological polar surface area (TPSA) is 112 Å². The molecule has 0 spiro atoms. The normalized spacial score (nSPS) is 16.3. The van der Waals surface area contributed by atoms with Crippen molar-refractivity contribution in [1.82, 2.24) is 14.7 Å². The molecule has 0 aromatic heterocycles. The summed E-state index contributed by atoms with van der Waals surface area (Å²) in [6, 6.07) is 0. The number of nitrogens with zero attached hydrogens (tertiary/aromatic N) is 3. The molecular formula is C45H71N3O6. The molecule has 3 fully saturated rings. The molecule has 0 aromatic carbocycles. The molecule has 0 N–H and O–H groups in total. The van der Waals surface area contributed by atoms with Gasteiger partial charge in [-0.1, -0.05) is 148 Å². The minimum atomic E-state index is -0.201. The number of rotatable bonds is 29. The van der Waals surface area contributed by atoms with Crippen LogP contribution < -0.4 is 0 Å². The molecule has 9 nitrogen and oxygen atoms in total. The van der Waals surface area contributed by atoms with Crippen LogP contribution in [0.3, 0.4) is 0 Å². The molecule has 0 aromatic rings. The second kappa shape index (κ2) is 27.9. The number of unbranched alkanes of at least 4 members (excludes halogenated alkanes) is 21. The average molecular weight is 750 g/mol. The van der Waals surface area contributed by atoms with Gasteiger partial charge >= 0.3 is 0 Å². The van der Waals surface area contributed by atoms with Gasteiger partial charge in [0.05, 0.1) is 19.3 Å². The first kappa shape index (κ1) is 46.5. The van der Waals surface area contributed by atoms with Crippen LogP contribution in [0.2, 0.25) is 0 Å². The summed E-state index contributed by atoms with van der Waals surface area (Å²) in [5, 5.41) is 0. The van der Waals surface area contributed by atoms with Crippen LogP contribution in [0.1, 0.15) is 180 Å². The Morgan fingerprint density at radius 1 is 0.389 bits per heavy atom. The number of amides is 6. The van der Waals surface area contributed by atoms with Crippen LogP contribution in [0.5, 0.6) is 0 Å². The van der Waals surface area contributed by atoms with E-state index in [1.165, 1.54) is 117 Å². The van der Waals surface area contributed by atoms with Crippen LogP contribution in [-0.4, -0.2) is 69.8 Å². The third-order valence-corrected chi connectivity index (χ3v) is 10.5. The maximum absolute atomic E-state index is 11.7. The Hall–Kier alpha value is -3.62. The van der Waals surface area contributed by atoms with Gasteiger partial charge in [-0.05, 0) is 44.9 Å². The lowest BCUT2D eigenvalue weighted by Crippen LogP contribution is -2.30. The SMILES string of the molecule is C=C1CC(=O)N(CCCCCCC/C=C/CCCCCCCCC)C1=O.C=C1CC(=O)N(CCCCCCCCCCCCN2C(=O)CC(=C)C2=O)C1=O. The van der Waals surface area contributed by atoms with Crippen LogP contribution in [0, 0.1) is 0 Å². The molecule has 3 heterocycles. The number of allylic oxidation sites excluding steroid dienone is 2. The fraction of sp³-hybridized carbons (Fsp3) is 0.689. The fourth-order valence-corrected chi connectivity index (χ4v) is 7.12. The third-order valence-electron chi connectivity index (χ3n) is 10.5. The molecule has 3 aliphatic rings.